The van der Waals surface area contributed by atoms with Gasteiger partial charge in [-0.3, -0.25) is 14.5 Å². The molecule has 30 heavy (non-hydrogen) atoms. The molecule has 8 heteroatoms. The monoisotopic (exact) mass is 425 g/mol. The maximum Gasteiger partial charge on any atom is 0.240 e. The van der Waals surface area contributed by atoms with E-state index in [2.05, 4.69) is 27.7 Å². The predicted octanol–water partition coefficient (Wildman–Crippen LogP) is 2.26. The molecule has 1 saturated carbocycles. The number of rotatable bonds is 5. The summed E-state index contributed by atoms with van der Waals surface area (Å²) in [6, 6.07) is 6.26. The second-order valence-electron chi connectivity index (χ2n) is 8.36. The summed E-state index contributed by atoms with van der Waals surface area (Å²) in [5.41, 5.74) is 4.21. The molecule has 0 unspecified atom stereocenters. The molecule has 2 fully saturated rings. The SMILES string of the molecule is Cc1sc(NC(=O)CN2CCNCC2)nc1-c1ccc2c(c1)CCN2C(=O)C1CC1. The Bertz CT molecular complexity index is 978. The number of nitrogens with zero attached hydrogens (tertiary/aromatic N) is 3. The summed E-state index contributed by atoms with van der Waals surface area (Å²) < 4.78 is 0. The van der Waals surface area contributed by atoms with Crippen molar-refractivity contribution >= 4 is 34.0 Å². The summed E-state index contributed by atoms with van der Waals surface area (Å²) in [5, 5.41) is 6.91. The number of fused-ring (bicyclic) bond motifs is 1. The van der Waals surface area contributed by atoms with Crippen molar-refractivity contribution in [1.82, 2.24) is 15.2 Å². The highest BCUT2D eigenvalue weighted by atomic mass is 32.1. The van der Waals surface area contributed by atoms with Crippen molar-refractivity contribution in [2.45, 2.75) is 26.2 Å². The van der Waals surface area contributed by atoms with E-state index >= 15 is 0 Å². The van der Waals surface area contributed by atoms with E-state index in [0.29, 0.717) is 11.7 Å². The molecule has 1 aromatic carbocycles. The van der Waals surface area contributed by atoms with Crippen molar-refractivity contribution in [3.8, 4) is 11.3 Å². The Morgan fingerprint density at radius 2 is 2.03 bits per heavy atom. The van der Waals surface area contributed by atoms with Crippen molar-refractivity contribution in [1.29, 1.82) is 0 Å². The summed E-state index contributed by atoms with van der Waals surface area (Å²) in [6.07, 6.45) is 2.95. The normalized spacial score (nSPS) is 19.0. The minimum absolute atomic E-state index is 0.0135. The Labute approximate surface area is 180 Å². The first-order chi connectivity index (χ1) is 14.6. The third-order valence-electron chi connectivity index (χ3n) is 6.06. The van der Waals surface area contributed by atoms with Gasteiger partial charge in [-0.1, -0.05) is 6.07 Å². The summed E-state index contributed by atoms with van der Waals surface area (Å²) in [4.78, 5) is 34.8. The number of hydrogen-bond donors (Lipinski definition) is 2. The Morgan fingerprint density at radius 3 is 2.80 bits per heavy atom. The fourth-order valence-corrected chi connectivity index (χ4v) is 5.13. The van der Waals surface area contributed by atoms with Crippen LogP contribution in [0.3, 0.4) is 0 Å². The van der Waals surface area contributed by atoms with E-state index in [9.17, 15) is 9.59 Å². The Balaban J connectivity index is 1.29. The van der Waals surface area contributed by atoms with Crippen LogP contribution >= 0.6 is 11.3 Å². The van der Waals surface area contributed by atoms with Gasteiger partial charge in [0.15, 0.2) is 5.13 Å². The number of hydrogen-bond acceptors (Lipinski definition) is 6. The number of benzene rings is 1. The van der Waals surface area contributed by atoms with Crippen LogP contribution in [0.2, 0.25) is 0 Å². The number of amides is 2. The number of aryl methyl sites for hydroxylation is 1. The quantitative estimate of drug-likeness (QED) is 0.768. The molecule has 1 aliphatic carbocycles. The molecule has 0 spiro atoms. The molecule has 3 aliphatic rings. The topological polar surface area (TPSA) is 77.6 Å². The molecule has 5 rings (SSSR count). The Morgan fingerprint density at radius 1 is 1.23 bits per heavy atom. The molecule has 0 radical (unpaired) electrons. The molecule has 2 amide bonds. The number of aromatic nitrogens is 1. The van der Waals surface area contributed by atoms with Gasteiger partial charge >= 0.3 is 0 Å². The molecule has 7 nitrogen and oxygen atoms in total. The zero-order valence-electron chi connectivity index (χ0n) is 17.2. The first kappa shape index (κ1) is 19.7. The van der Waals surface area contributed by atoms with Gasteiger partial charge in [-0.15, -0.1) is 11.3 Å². The van der Waals surface area contributed by atoms with Gasteiger partial charge in [0, 0.05) is 54.8 Å². The molecule has 2 aliphatic heterocycles. The van der Waals surface area contributed by atoms with Crippen molar-refractivity contribution in [3.63, 3.8) is 0 Å². The lowest BCUT2D eigenvalue weighted by atomic mass is 10.1. The fraction of sp³-hybridized carbons (Fsp3) is 0.500. The molecule has 1 aromatic heterocycles. The second kappa shape index (κ2) is 8.09. The Kier molecular flexibility index (Phi) is 5.30. The first-order valence-corrected chi connectivity index (χ1v) is 11.5. The van der Waals surface area contributed by atoms with Crippen LogP contribution in [0.25, 0.3) is 11.3 Å². The molecule has 1 saturated heterocycles. The first-order valence-electron chi connectivity index (χ1n) is 10.7. The van der Waals surface area contributed by atoms with Gasteiger partial charge in [0.2, 0.25) is 11.8 Å². The average Bonchev–Trinajstić information content (AvgIpc) is 3.41. The highest BCUT2D eigenvalue weighted by molar-refractivity contribution is 7.16. The van der Waals surface area contributed by atoms with E-state index in [4.69, 9.17) is 4.98 Å². The van der Waals surface area contributed by atoms with Gasteiger partial charge in [0.1, 0.15) is 0 Å². The highest BCUT2D eigenvalue weighted by Crippen LogP contribution is 2.39. The fourth-order valence-electron chi connectivity index (χ4n) is 4.28. The second-order valence-corrected chi connectivity index (χ2v) is 9.56. The number of nitrogens with one attached hydrogen (secondary N) is 2. The Hall–Kier alpha value is -2.29. The molecular formula is C22H27N5O2S. The van der Waals surface area contributed by atoms with Gasteiger partial charge in [0.25, 0.3) is 0 Å². The largest absolute Gasteiger partial charge is 0.314 e. The van der Waals surface area contributed by atoms with Crippen molar-refractivity contribution in [3.05, 3.63) is 28.6 Å². The maximum atomic E-state index is 12.5. The molecule has 2 aromatic rings. The maximum absolute atomic E-state index is 12.5. The van der Waals surface area contributed by atoms with Crippen LogP contribution in [0, 0.1) is 12.8 Å². The lowest BCUT2D eigenvalue weighted by molar-refractivity contribution is -0.119. The minimum Gasteiger partial charge on any atom is -0.314 e. The van der Waals surface area contributed by atoms with Crippen molar-refractivity contribution < 1.29 is 9.59 Å². The van der Waals surface area contributed by atoms with Gasteiger partial charge in [0.05, 0.1) is 12.2 Å². The molecule has 158 valence electrons. The van der Waals surface area contributed by atoms with E-state index in [1.807, 2.05) is 17.9 Å². The van der Waals surface area contributed by atoms with E-state index in [1.165, 1.54) is 16.9 Å². The number of carbonyl (C=O) groups is 2. The van der Waals surface area contributed by atoms with Crippen LogP contribution in [0.5, 0.6) is 0 Å². The van der Waals surface area contributed by atoms with E-state index in [0.717, 1.165) is 73.8 Å². The van der Waals surface area contributed by atoms with E-state index in [1.54, 1.807) is 0 Å². The van der Waals surface area contributed by atoms with E-state index in [-0.39, 0.29) is 17.7 Å². The minimum atomic E-state index is -0.0135. The van der Waals surface area contributed by atoms with E-state index < -0.39 is 0 Å². The highest BCUT2D eigenvalue weighted by Gasteiger charge is 2.36. The van der Waals surface area contributed by atoms with Crippen LogP contribution in [-0.4, -0.2) is 61.0 Å². The van der Waals surface area contributed by atoms with Gasteiger partial charge in [-0.25, -0.2) is 4.98 Å². The number of carbonyl (C=O) groups excluding carboxylic acids is 2. The third-order valence-corrected chi connectivity index (χ3v) is 6.95. The van der Waals surface area contributed by atoms with Gasteiger partial charge < -0.3 is 15.5 Å². The van der Waals surface area contributed by atoms with Crippen molar-refractivity contribution in [2.75, 3.05) is 49.5 Å². The zero-order chi connectivity index (χ0) is 20.7. The summed E-state index contributed by atoms with van der Waals surface area (Å²) in [6.45, 7) is 6.85. The van der Waals surface area contributed by atoms with Crippen LogP contribution in [-0.2, 0) is 16.0 Å². The summed E-state index contributed by atoms with van der Waals surface area (Å²) >= 11 is 1.51. The molecule has 0 atom stereocenters. The molecule has 0 bridgehead atoms. The lowest BCUT2D eigenvalue weighted by Gasteiger charge is -2.26. The van der Waals surface area contributed by atoms with Crippen LogP contribution in [0.1, 0.15) is 23.3 Å². The standard InChI is InChI=1S/C22H27N5O2S/c1-14-20(25-22(30-14)24-19(28)13-26-10-7-23-8-11-26)17-4-5-18-16(12-17)6-9-27(18)21(29)15-2-3-15/h4-5,12,15,23H,2-3,6-11,13H2,1H3,(H,24,25,28). The van der Waals surface area contributed by atoms with Crippen LogP contribution in [0.4, 0.5) is 10.8 Å². The number of anilines is 2. The average molecular weight is 426 g/mol. The third kappa shape index (κ3) is 3.99. The number of piperazine rings is 1. The molecule has 3 heterocycles. The van der Waals surface area contributed by atoms with Crippen LogP contribution in [0.15, 0.2) is 18.2 Å². The predicted molar refractivity (Wildman–Crippen MR) is 119 cm³/mol. The van der Waals surface area contributed by atoms with Crippen LogP contribution < -0.4 is 15.5 Å². The summed E-state index contributed by atoms with van der Waals surface area (Å²) in [7, 11) is 0. The van der Waals surface area contributed by atoms with Gasteiger partial charge in [-0.05, 0) is 43.9 Å². The summed E-state index contributed by atoms with van der Waals surface area (Å²) in [5.74, 6) is 0.505. The van der Waals surface area contributed by atoms with Crippen molar-refractivity contribution in [2.24, 2.45) is 5.92 Å². The smallest absolute Gasteiger partial charge is 0.240 e. The zero-order valence-corrected chi connectivity index (χ0v) is 18.1. The van der Waals surface area contributed by atoms with Gasteiger partial charge in [-0.2, -0.15) is 0 Å². The number of thiazole rings is 1. The molecule has 2 N–H and O–H groups in total. The lowest BCUT2D eigenvalue weighted by Crippen LogP contribution is -2.46. The molecular weight excluding hydrogens is 398 g/mol.